The van der Waals surface area contributed by atoms with Gasteiger partial charge in [-0.05, 0) is 67.2 Å². The lowest BCUT2D eigenvalue weighted by molar-refractivity contribution is -0.143. The van der Waals surface area contributed by atoms with E-state index >= 15 is 0 Å². The summed E-state index contributed by atoms with van der Waals surface area (Å²) in [4.78, 5) is 19.0. The number of pyridine rings is 1. The fourth-order valence-corrected chi connectivity index (χ4v) is 5.06. The van der Waals surface area contributed by atoms with Crippen LogP contribution in [0.4, 0.5) is 5.82 Å². The molecule has 0 saturated carbocycles. The van der Waals surface area contributed by atoms with Crippen molar-refractivity contribution in [1.82, 2.24) is 9.88 Å². The van der Waals surface area contributed by atoms with Crippen molar-refractivity contribution in [3.8, 4) is 0 Å². The van der Waals surface area contributed by atoms with Gasteiger partial charge in [-0.25, -0.2) is 4.98 Å². The van der Waals surface area contributed by atoms with Gasteiger partial charge in [-0.1, -0.05) is 44.2 Å². The lowest BCUT2D eigenvalue weighted by Gasteiger charge is -2.27. The van der Waals surface area contributed by atoms with Gasteiger partial charge in [0, 0.05) is 31.9 Å². The number of aliphatic carboxylic acids is 1. The number of rotatable bonds is 10. The zero-order valence-corrected chi connectivity index (χ0v) is 19.9. The van der Waals surface area contributed by atoms with Gasteiger partial charge in [0.05, 0.1) is 6.10 Å². The molecule has 3 heterocycles. The highest BCUT2D eigenvalue weighted by atomic mass is 16.5. The van der Waals surface area contributed by atoms with E-state index in [1.807, 2.05) is 24.3 Å². The number of aromatic nitrogens is 1. The molecule has 33 heavy (non-hydrogen) atoms. The molecule has 2 unspecified atom stereocenters. The summed E-state index contributed by atoms with van der Waals surface area (Å²) in [5.74, 6) is 0.571. The van der Waals surface area contributed by atoms with E-state index in [4.69, 9.17) is 9.72 Å². The average molecular weight is 452 g/mol. The maximum Gasteiger partial charge on any atom is 0.325 e. The second-order valence-corrected chi connectivity index (χ2v) is 9.60. The van der Waals surface area contributed by atoms with E-state index < -0.39 is 12.0 Å². The van der Waals surface area contributed by atoms with Crippen LogP contribution in [-0.4, -0.2) is 53.3 Å². The summed E-state index contributed by atoms with van der Waals surface area (Å²) in [5, 5.41) is 13.4. The Balaban J connectivity index is 1.24. The first-order valence-electron chi connectivity index (χ1n) is 12.4. The number of hydrogen-bond donors (Lipinski definition) is 2. The molecule has 2 aliphatic rings. The largest absolute Gasteiger partial charge is 0.480 e. The molecular formula is C27H37N3O3. The van der Waals surface area contributed by atoms with E-state index in [9.17, 15) is 9.90 Å². The molecule has 1 fully saturated rings. The Morgan fingerprint density at radius 3 is 2.82 bits per heavy atom. The molecule has 0 aliphatic carbocycles. The predicted molar refractivity (Wildman–Crippen MR) is 131 cm³/mol. The molecule has 1 saturated heterocycles. The molecule has 0 spiro atoms. The summed E-state index contributed by atoms with van der Waals surface area (Å²) in [6, 6.07) is 11.7. The van der Waals surface area contributed by atoms with Gasteiger partial charge in [0.25, 0.3) is 0 Å². The van der Waals surface area contributed by atoms with Crippen LogP contribution in [0, 0.1) is 0 Å². The minimum atomic E-state index is -0.782. The summed E-state index contributed by atoms with van der Waals surface area (Å²) >= 11 is 0. The Morgan fingerprint density at radius 2 is 2.03 bits per heavy atom. The van der Waals surface area contributed by atoms with Crippen molar-refractivity contribution in [1.29, 1.82) is 0 Å². The van der Waals surface area contributed by atoms with E-state index in [-0.39, 0.29) is 12.0 Å². The van der Waals surface area contributed by atoms with E-state index in [1.165, 1.54) is 12.0 Å². The average Bonchev–Trinajstić information content (AvgIpc) is 3.27. The first-order chi connectivity index (χ1) is 16.0. The van der Waals surface area contributed by atoms with E-state index in [2.05, 4.69) is 36.2 Å². The highest BCUT2D eigenvalue weighted by Gasteiger charge is 2.35. The molecule has 2 atom stereocenters. The topological polar surface area (TPSA) is 74.7 Å². The maximum atomic E-state index is 12.2. The van der Waals surface area contributed by atoms with Crippen LogP contribution in [0.5, 0.6) is 0 Å². The first-order valence-corrected chi connectivity index (χ1v) is 12.4. The molecule has 6 heteroatoms. The zero-order chi connectivity index (χ0) is 23.2. The number of fused-ring (bicyclic) bond motifs is 1. The molecule has 1 aromatic carbocycles. The van der Waals surface area contributed by atoms with Gasteiger partial charge >= 0.3 is 5.97 Å². The van der Waals surface area contributed by atoms with Crippen LogP contribution in [0.3, 0.4) is 0 Å². The number of carboxylic acid groups (broad SMARTS) is 1. The zero-order valence-electron chi connectivity index (χ0n) is 19.9. The lowest BCUT2D eigenvalue weighted by atomic mass is 9.92. The number of carbonyl (C=O) groups is 1. The lowest BCUT2D eigenvalue weighted by Crippen LogP contribution is -2.34. The fraction of sp³-hybridized carbons (Fsp3) is 0.556. The van der Waals surface area contributed by atoms with Crippen molar-refractivity contribution in [2.24, 2.45) is 0 Å². The van der Waals surface area contributed by atoms with Crippen LogP contribution >= 0.6 is 0 Å². The Morgan fingerprint density at radius 1 is 1.21 bits per heavy atom. The number of ether oxygens (including phenoxy) is 1. The molecule has 6 nitrogen and oxygen atoms in total. The van der Waals surface area contributed by atoms with E-state index in [1.54, 1.807) is 0 Å². The van der Waals surface area contributed by atoms with Crippen LogP contribution in [-0.2, 0) is 22.4 Å². The molecule has 2 aliphatic heterocycles. The molecule has 178 valence electrons. The monoisotopic (exact) mass is 451 g/mol. The number of unbranched alkanes of at least 4 members (excludes halogenated alkanes) is 1. The number of nitrogens with one attached hydrogen (secondary N) is 1. The molecule has 1 aromatic heterocycles. The van der Waals surface area contributed by atoms with Crippen LogP contribution in [0.2, 0.25) is 0 Å². The van der Waals surface area contributed by atoms with Crippen molar-refractivity contribution < 1.29 is 14.6 Å². The first kappa shape index (κ1) is 23.7. The Kier molecular flexibility index (Phi) is 7.99. The third-order valence-electron chi connectivity index (χ3n) is 6.82. The summed E-state index contributed by atoms with van der Waals surface area (Å²) < 4.78 is 6.14. The predicted octanol–water partition coefficient (Wildman–Crippen LogP) is 4.80. The second-order valence-electron chi connectivity index (χ2n) is 9.60. The summed E-state index contributed by atoms with van der Waals surface area (Å²) in [7, 11) is 0. The summed E-state index contributed by atoms with van der Waals surface area (Å²) in [6.07, 6.45) is 6.27. The quantitative estimate of drug-likeness (QED) is 0.505. The minimum Gasteiger partial charge on any atom is -0.480 e. The van der Waals surface area contributed by atoms with E-state index in [0.29, 0.717) is 13.2 Å². The molecule has 0 bridgehead atoms. The van der Waals surface area contributed by atoms with Gasteiger partial charge < -0.3 is 15.2 Å². The molecule has 2 aromatic rings. The third-order valence-corrected chi connectivity index (χ3v) is 6.82. The number of hydrogen-bond acceptors (Lipinski definition) is 5. The summed E-state index contributed by atoms with van der Waals surface area (Å²) in [6.45, 7) is 7.37. The van der Waals surface area contributed by atoms with Crippen molar-refractivity contribution in [3.63, 3.8) is 0 Å². The number of nitrogens with zero attached hydrogens (tertiary/aromatic N) is 2. The van der Waals surface area contributed by atoms with Gasteiger partial charge in [0.15, 0.2) is 0 Å². The third kappa shape index (κ3) is 5.92. The van der Waals surface area contributed by atoms with Gasteiger partial charge in [-0.15, -0.1) is 0 Å². The molecule has 0 amide bonds. The van der Waals surface area contributed by atoms with Gasteiger partial charge in [-0.3, -0.25) is 9.69 Å². The highest BCUT2D eigenvalue weighted by molar-refractivity contribution is 5.76. The molecule has 4 rings (SSSR count). The number of carboxylic acids is 1. The Bertz CT molecular complexity index is 946. The van der Waals surface area contributed by atoms with Crippen molar-refractivity contribution in [3.05, 3.63) is 58.8 Å². The van der Waals surface area contributed by atoms with Crippen molar-refractivity contribution >= 4 is 11.8 Å². The van der Waals surface area contributed by atoms with Gasteiger partial charge in [-0.2, -0.15) is 0 Å². The maximum absolute atomic E-state index is 12.2. The van der Waals surface area contributed by atoms with Crippen LogP contribution in [0.25, 0.3) is 0 Å². The van der Waals surface area contributed by atoms with E-state index in [0.717, 1.165) is 67.8 Å². The van der Waals surface area contributed by atoms with Crippen molar-refractivity contribution in [2.75, 3.05) is 31.6 Å². The summed E-state index contributed by atoms with van der Waals surface area (Å²) in [5.41, 5.74) is 4.49. The Hall–Kier alpha value is -2.44. The molecule has 2 N–H and O–H groups in total. The van der Waals surface area contributed by atoms with Crippen LogP contribution in [0.15, 0.2) is 36.4 Å². The molecule has 0 radical (unpaired) electrons. The fourth-order valence-electron chi connectivity index (χ4n) is 5.06. The van der Waals surface area contributed by atoms with Crippen molar-refractivity contribution in [2.45, 2.75) is 70.4 Å². The number of anilines is 1. The van der Waals surface area contributed by atoms with Crippen LogP contribution in [0.1, 0.15) is 73.9 Å². The normalized spacial score (nSPS) is 19.3. The van der Waals surface area contributed by atoms with Gasteiger partial charge in [0.2, 0.25) is 0 Å². The minimum absolute atomic E-state index is 0.101. The highest BCUT2D eigenvalue weighted by Crippen LogP contribution is 2.32. The van der Waals surface area contributed by atoms with Gasteiger partial charge in [0.1, 0.15) is 11.9 Å². The number of aryl methyl sites for hydroxylation is 2. The second kappa shape index (κ2) is 11.1. The SMILES string of the molecule is CC(C)c1ccccc1C(C(=O)O)N1CCC(OCCCCc2ccc3c(n2)NCCC3)C1. The Labute approximate surface area is 197 Å². The van der Waals surface area contributed by atoms with Crippen LogP contribution < -0.4 is 5.32 Å². The number of likely N-dealkylation sites (tertiary alicyclic amines) is 1. The molecular weight excluding hydrogens is 414 g/mol. The smallest absolute Gasteiger partial charge is 0.325 e. The standard InChI is InChI=1S/C27H37N3O3/c1-19(2)23-10-3-4-11-24(23)25(27(31)32)30-16-14-22(18-30)33-17-6-5-9-21-13-12-20-8-7-15-28-26(20)29-21/h3-4,10-13,19,22,25H,5-9,14-18H2,1-2H3,(H,28,29)(H,31,32). The number of benzene rings is 1.